The first-order chi connectivity index (χ1) is 7.65. The van der Waals surface area contributed by atoms with Crippen LogP contribution < -0.4 is 11.1 Å². The zero-order chi connectivity index (χ0) is 11.5. The van der Waals surface area contributed by atoms with Crippen molar-refractivity contribution in [3.63, 3.8) is 0 Å². The monoisotopic (exact) mass is 233 g/mol. The summed E-state index contributed by atoms with van der Waals surface area (Å²) >= 11 is 4.75. The molecule has 0 radical (unpaired) electrons. The van der Waals surface area contributed by atoms with Crippen molar-refractivity contribution in [3.05, 3.63) is 36.4 Å². The van der Waals surface area contributed by atoms with Crippen LogP contribution in [-0.2, 0) is 0 Å². The molecule has 3 N–H and O–H groups in total. The van der Waals surface area contributed by atoms with Crippen LogP contribution in [0.3, 0.4) is 0 Å². The van der Waals surface area contributed by atoms with Crippen molar-refractivity contribution in [1.82, 2.24) is 14.8 Å². The lowest BCUT2D eigenvalue weighted by atomic mass is 10.3. The largest absolute Gasteiger partial charge is 0.376 e. The van der Waals surface area contributed by atoms with Crippen LogP contribution in [0.1, 0.15) is 5.82 Å². The maximum absolute atomic E-state index is 5.37. The molecule has 5 nitrogen and oxygen atoms in total. The van der Waals surface area contributed by atoms with Crippen molar-refractivity contribution in [2.24, 2.45) is 5.73 Å². The Morgan fingerprint density at radius 3 is 2.56 bits per heavy atom. The van der Waals surface area contributed by atoms with Crippen LogP contribution in [0.4, 0.5) is 5.69 Å². The third-order valence-electron chi connectivity index (χ3n) is 2.01. The molecule has 6 heteroatoms. The van der Waals surface area contributed by atoms with E-state index in [-0.39, 0.29) is 5.11 Å². The Balaban J connectivity index is 2.22. The van der Waals surface area contributed by atoms with E-state index in [1.165, 1.54) is 0 Å². The summed E-state index contributed by atoms with van der Waals surface area (Å²) in [7, 11) is 0. The van der Waals surface area contributed by atoms with Crippen LogP contribution in [0.15, 0.2) is 30.6 Å². The second-order valence-electron chi connectivity index (χ2n) is 3.27. The van der Waals surface area contributed by atoms with Gasteiger partial charge >= 0.3 is 0 Å². The van der Waals surface area contributed by atoms with Gasteiger partial charge in [0, 0.05) is 5.69 Å². The number of benzene rings is 1. The molecule has 2 rings (SSSR count). The maximum atomic E-state index is 5.37. The van der Waals surface area contributed by atoms with Crippen molar-refractivity contribution in [2.45, 2.75) is 6.92 Å². The Labute approximate surface area is 98.3 Å². The van der Waals surface area contributed by atoms with Gasteiger partial charge in [0.15, 0.2) is 5.11 Å². The predicted octanol–water partition coefficient (Wildman–Crippen LogP) is 1.23. The highest BCUT2D eigenvalue weighted by atomic mass is 32.1. The van der Waals surface area contributed by atoms with Crippen molar-refractivity contribution in [3.8, 4) is 5.69 Å². The van der Waals surface area contributed by atoms with E-state index < -0.39 is 0 Å². The summed E-state index contributed by atoms with van der Waals surface area (Å²) in [6, 6.07) is 7.58. The highest BCUT2D eigenvalue weighted by Crippen LogP contribution is 2.12. The lowest BCUT2D eigenvalue weighted by molar-refractivity contribution is 0.863. The number of rotatable bonds is 2. The molecule has 2 aromatic rings. The summed E-state index contributed by atoms with van der Waals surface area (Å²) in [6.07, 6.45) is 1.67. The zero-order valence-electron chi connectivity index (χ0n) is 8.71. The van der Waals surface area contributed by atoms with Crippen molar-refractivity contribution in [2.75, 3.05) is 5.32 Å². The third-order valence-corrected chi connectivity index (χ3v) is 2.11. The molecular weight excluding hydrogens is 222 g/mol. The second kappa shape index (κ2) is 4.28. The molecule has 0 spiro atoms. The number of nitrogens with one attached hydrogen (secondary N) is 1. The van der Waals surface area contributed by atoms with E-state index in [1.807, 2.05) is 31.2 Å². The van der Waals surface area contributed by atoms with E-state index in [4.69, 9.17) is 18.0 Å². The number of nitrogens with two attached hydrogens (primary N) is 1. The van der Waals surface area contributed by atoms with Gasteiger partial charge < -0.3 is 11.1 Å². The molecule has 0 amide bonds. The van der Waals surface area contributed by atoms with Crippen LogP contribution in [-0.4, -0.2) is 19.9 Å². The molecule has 0 saturated heterocycles. The topological polar surface area (TPSA) is 68.8 Å². The second-order valence-corrected chi connectivity index (χ2v) is 3.71. The Morgan fingerprint density at radius 1 is 1.38 bits per heavy atom. The molecule has 0 aliphatic carbocycles. The SMILES string of the molecule is Cc1ncn(-c2ccc(NC(N)=S)cc2)n1. The number of anilines is 1. The molecule has 1 aromatic heterocycles. The van der Waals surface area contributed by atoms with Crippen LogP contribution in [0, 0.1) is 6.92 Å². The normalized spacial score (nSPS) is 10.1. The minimum Gasteiger partial charge on any atom is -0.376 e. The average Bonchev–Trinajstić information content (AvgIpc) is 2.65. The molecule has 0 saturated carbocycles. The summed E-state index contributed by atoms with van der Waals surface area (Å²) in [5, 5.41) is 7.31. The molecule has 16 heavy (non-hydrogen) atoms. The number of aromatic nitrogens is 3. The fourth-order valence-electron chi connectivity index (χ4n) is 1.31. The van der Waals surface area contributed by atoms with Crippen molar-refractivity contribution in [1.29, 1.82) is 0 Å². The van der Waals surface area contributed by atoms with Gasteiger partial charge in [0.1, 0.15) is 12.2 Å². The fourth-order valence-corrected chi connectivity index (χ4v) is 1.43. The zero-order valence-corrected chi connectivity index (χ0v) is 9.53. The van der Waals surface area contributed by atoms with Gasteiger partial charge in [0.25, 0.3) is 0 Å². The Bertz CT molecular complexity index is 502. The van der Waals surface area contributed by atoms with Crippen LogP contribution in [0.2, 0.25) is 0 Å². The highest BCUT2D eigenvalue weighted by molar-refractivity contribution is 7.80. The maximum Gasteiger partial charge on any atom is 0.168 e. The third kappa shape index (κ3) is 2.34. The van der Waals surface area contributed by atoms with E-state index in [2.05, 4.69) is 15.4 Å². The average molecular weight is 233 g/mol. The molecule has 1 aromatic carbocycles. The van der Waals surface area contributed by atoms with Gasteiger partial charge in [-0.2, -0.15) is 5.10 Å². The summed E-state index contributed by atoms with van der Waals surface area (Å²) in [5.41, 5.74) is 7.16. The lowest BCUT2D eigenvalue weighted by Gasteiger charge is -2.04. The summed E-state index contributed by atoms with van der Waals surface area (Å²) in [4.78, 5) is 4.06. The van der Waals surface area contributed by atoms with Crippen LogP contribution in [0.5, 0.6) is 0 Å². The van der Waals surface area contributed by atoms with Gasteiger partial charge in [-0.25, -0.2) is 9.67 Å². The first-order valence-corrected chi connectivity index (χ1v) is 5.11. The smallest absolute Gasteiger partial charge is 0.168 e. The molecule has 82 valence electrons. The van der Waals surface area contributed by atoms with Gasteiger partial charge in [-0.05, 0) is 43.4 Å². The Hall–Kier alpha value is -1.95. The van der Waals surface area contributed by atoms with Crippen molar-refractivity contribution < 1.29 is 0 Å². The van der Waals surface area contributed by atoms with Gasteiger partial charge in [0.05, 0.1) is 5.69 Å². The van der Waals surface area contributed by atoms with Gasteiger partial charge in [0.2, 0.25) is 0 Å². The number of hydrogen-bond donors (Lipinski definition) is 2. The van der Waals surface area contributed by atoms with Gasteiger partial charge in [-0.3, -0.25) is 0 Å². The Morgan fingerprint density at radius 2 is 2.06 bits per heavy atom. The molecule has 0 aliphatic heterocycles. The number of nitrogens with zero attached hydrogens (tertiary/aromatic N) is 3. The first kappa shape index (κ1) is 10.6. The molecule has 0 atom stereocenters. The molecular formula is C10H11N5S. The first-order valence-electron chi connectivity index (χ1n) is 4.70. The standard InChI is InChI=1S/C10H11N5S/c1-7-12-6-15(14-7)9-4-2-8(3-5-9)13-10(11)16/h2-6H,1H3,(H3,11,13,16). The van der Waals surface area contributed by atoms with E-state index in [1.54, 1.807) is 11.0 Å². The van der Waals surface area contributed by atoms with E-state index >= 15 is 0 Å². The van der Waals surface area contributed by atoms with Crippen LogP contribution >= 0.6 is 12.2 Å². The summed E-state index contributed by atoms with van der Waals surface area (Å²) < 4.78 is 1.71. The van der Waals surface area contributed by atoms with E-state index in [0.29, 0.717) is 0 Å². The molecule has 0 aliphatic rings. The molecule has 0 fully saturated rings. The lowest BCUT2D eigenvalue weighted by Crippen LogP contribution is -2.18. The molecule has 1 heterocycles. The van der Waals surface area contributed by atoms with E-state index in [9.17, 15) is 0 Å². The molecule has 0 bridgehead atoms. The molecule has 0 unspecified atom stereocenters. The summed E-state index contributed by atoms with van der Waals surface area (Å²) in [5.74, 6) is 0.741. The highest BCUT2D eigenvalue weighted by Gasteiger charge is 1.99. The van der Waals surface area contributed by atoms with Gasteiger partial charge in [-0.1, -0.05) is 0 Å². The predicted molar refractivity (Wildman–Crippen MR) is 66.5 cm³/mol. The van der Waals surface area contributed by atoms with Crippen LogP contribution in [0.25, 0.3) is 5.69 Å². The number of hydrogen-bond acceptors (Lipinski definition) is 3. The fraction of sp³-hybridized carbons (Fsp3) is 0.100. The minimum atomic E-state index is 0.254. The Kier molecular flexibility index (Phi) is 2.82. The van der Waals surface area contributed by atoms with Crippen molar-refractivity contribution >= 4 is 23.0 Å². The number of thiocarbonyl (C=S) groups is 1. The van der Waals surface area contributed by atoms with E-state index in [0.717, 1.165) is 17.2 Å². The quantitative estimate of drug-likeness (QED) is 0.764. The van der Waals surface area contributed by atoms with Gasteiger partial charge in [-0.15, -0.1) is 0 Å². The summed E-state index contributed by atoms with van der Waals surface area (Å²) in [6.45, 7) is 1.85. The number of aryl methyl sites for hydroxylation is 1. The minimum absolute atomic E-state index is 0.254.